The first-order valence-electron chi connectivity index (χ1n) is 31.7. The molecule has 0 aliphatic heterocycles. The monoisotopic (exact) mass is 1190 g/mol. The van der Waals surface area contributed by atoms with E-state index in [4.69, 9.17) is 4.98 Å². The number of nitrogens with zero attached hydrogens (tertiary/aromatic N) is 4. The standard InChI is InChI=1S/C25H18.C24H16N2S.C19H13N.C19H15N/c1-17-14-15-24-22-12-5-4-10-20(22)18-8-2-3-9-19(18)21-11-6-7-13-23(21)25(24)16-17;1-15-10-11-21-19(14-15)16-6-2-4-8-20(16)26(21)24-23-18(12-13-25-24)17-7-3-5-9-22(17)27-23;1-12-10-15-13-6-2-4-8-17(13)20-18-9-5-3-7-14(18)16(11-12)19(15)20;1-14-11-12-19-17(13-14)16-9-5-6-10-18(16)20(19)15-7-3-2-4-8-15/h2-16H,1H3;2-14H,1H3;2-11H,1H3;2-13H,1H3. The van der Waals surface area contributed by atoms with E-state index in [1.807, 2.05) is 17.5 Å². The molecule has 0 unspecified atom stereocenters. The van der Waals surface area contributed by atoms with E-state index in [9.17, 15) is 0 Å². The lowest BCUT2D eigenvalue weighted by Gasteiger charge is -2.23. The minimum atomic E-state index is 1.02. The van der Waals surface area contributed by atoms with Crippen LogP contribution in [0.4, 0.5) is 0 Å². The van der Waals surface area contributed by atoms with Crippen LogP contribution < -0.4 is 0 Å². The molecule has 0 saturated carbocycles. The minimum Gasteiger partial charge on any atom is -0.309 e. The smallest absolute Gasteiger partial charge is 0.155 e. The summed E-state index contributed by atoms with van der Waals surface area (Å²) in [4.78, 5) is 4.84. The van der Waals surface area contributed by atoms with E-state index in [-0.39, 0.29) is 0 Å². The van der Waals surface area contributed by atoms with Crippen LogP contribution in [0.5, 0.6) is 0 Å². The maximum absolute atomic E-state index is 4.84. The summed E-state index contributed by atoms with van der Waals surface area (Å²) >= 11 is 1.82. The largest absolute Gasteiger partial charge is 0.309 e. The van der Waals surface area contributed by atoms with Gasteiger partial charge < -0.3 is 8.97 Å². The lowest BCUT2D eigenvalue weighted by atomic mass is 9.80. The van der Waals surface area contributed by atoms with E-state index in [0.29, 0.717) is 0 Å². The Morgan fingerprint density at radius 3 is 1.18 bits per heavy atom. The van der Waals surface area contributed by atoms with Crippen LogP contribution in [-0.4, -0.2) is 18.5 Å². The molecule has 0 saturated heterocycles. The molecule has 13 aromatic carbocycles. The van der Waals surface area contributed by atoms with Gasteiger partial charge >= 0.3 is 0 Å². The SMILES string of the molecule is Cc1cc2c3ccccc3n3c4ccccc4c(c1)c23.Cc1ccc2c(c1)-c1ccccc1-c1ccccc1-c1ccccc1-2.Cc1ccc2c(c1)c1ccccc1n2-c1ccccc1.Cc1ccc2c(c1)c1ccccc1n2-c1nccc2c1sc1ccccc12. The fraction of sp³-hybridized carbons (Fsp3) is 0.0460. The third-order valence-corrected chi connectivity index (χ3v) is 19.8. The molecular formula is C87H62N4S. The van der Waals surface area contributed by atoms with Crippen molar-refractivity contribution in [3.63, 3.8) is 0 Å². The summed E-state index contributed by atoms with van der Waals surface area (Å²) in [7, 11) is 0. The molecule has 1 aliphatic rings. The molecule has 0 spiro atoms. The molecule has 0 amide bonds. The molecule has 6 heterocycles. The van der Waals surface area contributed by atoms with Gasteiger partial charge in [0.15, 0.2) is 5.82 Å². The number of thiophene rings is 1. The van der Waals surface area contributed by atoms with Gasteiger partial charge in [0.1, 0.15) is 0 Å². The Bertz CT molecular complexity index is 5980. The number of benzene rings is 13. The molecule has 1 aliphatic carbocycles. The van der Waals surface area contributed by atoms with Gasteiger partial charge in [-0.1, -0.05) is 229 Å². The molecule has 6 aromatic heterocycles. The molecule has 436 valence electrons. The van der Waals surface area contributed by atoms with E-state index in [1.165, 1.54) is 174 Å². The van der Waals surface area contributed by atoms with Crippen LogP contribution in [0.15, 0.2) is 303 Å². The van der Waals surface area contributed by atoms with Crippen molar-refractivity contribution in [2.45, 2.75) is 27.7 Å². The first-order chi connectivity index (χ1) is 45.3. The molecule has 0 N–H and O–H groups in total. The molecule has 0 radical (unpaired) electrons. The maximum atomic E-state index is 4.84. The van der Waals surface area contributed by atoms with Crippen LogP contribution in [0.2, 0.25) is 0 Å². The molecule has 0 bridgehead atoms. The van der Waals surface area contributed by atoms with Gasteiger partial charge in [-0.25, -0.2) is 4.98 Å². The number of aryl methyl sites for hydroxylation is 4. The normalized spacial score (nSPS) is 11.7. The molecule has 19 aromatic rings. The molecule has 4 nitrogen and oxygen atoms in total. The summed E-state index contributed by atoms with van der Waals surface area (Å²) in [6, 6.07) is 107. The van der Waals surface area contributed by atoms with Gasteiger partial charge in [-0.15, -0.1) is 11.3 Å². The van der Waals surface area contributed by atoms with Crippen LogP contribution in [0.1, 0.15) is 22.3 Å². The Balaban J connectivity index is 0.0000000947. The second-order valence-corrected chi connectivity index (χ2v) is 25.5. The molecule has 5 heteroatoms. The van der Waals surface area contributed by atoms with Crippen molar-refractivity contribution in [2.75, 3.05) is 0 Å². The second kappa shape index (κ2) is 22.3. The lowest BCUT2D eigenvalue weighted by molar-refractivity contribution is 1.10. The summed E-state index contributed by atoms with van der Waals surface area (Å²) in [5.74, 6) is 1.02. The van der Waals surface area contributed by atoms with Crippen LogP contribution in [0.3, 0.4) is 0 Å². The molecule has 0 fully saturated rings. The summed E-state index contributed by atoms with van der Waals surface area (Å²) in [5.41, 5.74) is 25.8. The highest BCUT2D eigenvalue weighted by Gasteiger charge is 2.23. The van der Waals surface area contributed by atoms with E-state index >= 15 is 0 Å². The van der Waals surface area contributed by atoms with Crippen molar-refractivity contribution in [3.05, 3.63) is 326 Å². The Morgan fingerprint density at radius 2 is 0.641 bits per heavy atom. The van der Waals surface area contributed by atoms with Gasteiger partial charge in [0.25, 0.3) is 0 Å². The first kappa shape index (κ1) is 54.8. The van der Waals surface area contributed by atoms with Crippen LogP contribution in [-0.2, 0) is 0 Å². The van der Waals surface area contributed by atoms with Gasteiger partial charge in [-0.05, 0) is 163 Å². The van der Waals surface area contributed by atoms with Crippen molar-refractivity contribution < 1.29 is 0 Å². The van der Waals surface area contributed by atoms with Gasteiger partial charge in [0.05, 0.1) is 43.3 Å². The number of hydrogen-bond acceptors (Lipinski definition) is 2. The van der Waals surface area contributed by atoms with Crippen molar-refractivity contribution >= 4 is 113 Å². The molecular weight excluding hydrogens is 1130 g/mol. The summed E-state index contributed by atoms with van der Waals surface area (Å²) in [6.45, 7) is 8.65. The van der Waals surface area contributed by atoms with Crippen LogP contribution >= 0.6 is 11.3 Å². The average molecular weight is 1200 g/mol. The number of para-hydroxylation sites is 5. The minimum absolute atomic E-state index is 1.02. The fourth-order valence-corrected chi connectivity index (χ4v) is 15.8. The van der Waals surface area contributed by atoms with Crippen LogP contribution in [0, 0.1) is 27.7 Å². The zero-order chi connectivity index (χ0) is 61.6. The topological polar surface area (TPSA) is 27.2 Å². The van der Waals surface area contributed by atoms with Crippen LogP contribution in [0.25, 0.3) is 158 Å². The zero-order valence-electron chi connectivity index (χ0n) is 51.6. The predicted molar refractivity (Wildman–Crippen MR) is 394 cm³/mol. The predicted octanol–water partition coefficient (Wildman–Crippen LogP) is 24.1. The third kappa shape index (κ3) is 8.99. The highest BCUT2D eigenvalue weighted by atomic mass is 32.1. The Hall–Kier alpha value is -11.4. The third-order valence-electron chi connectivity index (χ3n) is 18.6. The molecule has 20 rings (SSSR count). The first-order valence-corrected chi connectivity index (χ1v) is 32.5. The highest BCUT2D eigenvalue weighted by molar-refractivity contribution is 7.26. The number of aromatic nitrogens is 4. The average Bonchev–Trinajstić information content (AvgIpc) is 1.43. The van der Waals surface area contributed by atoms with Gasteiger partial charge in [0.2, 0.25) is 0 Å². The fourth-order valence-electron chi connectivity index (χ4n) is 14.6. The van der Waals surface area contributed by atoms with Crippen molar-refractivity contribution in [1.82, 2.24) is 18.5 Å². The number of pyridine rings is 1. The summed E-state index contributed by atoms with van der Waals surface area (Å²) in [6.07, 6.45) is 1.94. The highest BCUT2D eigenvalue weighted by Crippen LogP contribution is 2.48. The summed E-state index contributed by atoms with van der Waals surface area (Å²) in [5, 5.41) is 13.2. The van der Waals surface area contributed by atoms with Gasteiger partial charge in [0, 0.05) is 70.4 Å². The quantitative estimate of drug-likeness (QED) is 0.169. The van der Waals surface area contributed by atoms with E-state index in [2.05, 4.69) is 338 Å². The van der Waals surface area contributed by atoms with Crippen molar-refractivity contribution in [3.8, 4) is 56.0 Å². The summed E-state index contributed by atoms with van der Waals surface area (Å²) < 4.78 is 9.61. The van der Waals surface area contributed by atoms with E-state index < -0.39 is 0 Å². The van der Waals surface area contributed by atoms with Crippen molar-refractivity contribution in [1.29, 1.82) is 0 Å². The number of hydrogen-bond donors (Lipinski definition) is 0. The Kier molecular flexibility index (Phi) is 13.3. The van der Waals surface area contributed by atoms with Gasteiger partial charge in [-0.2, -0.15) is 0 Å². The maximum Gasteiger partial charge on any atom is 0.155 e. The molecule has 0 atom stereocenters. The lowest BCUT2D eigenvalue weighted by Crippen LogP contribution is -1.97. The number of rotatable bonds is 2. The van der Waals surface area contributed by atoms with Gasteiger partial charge in [-0.3, -0.25) is 4.57 Å². The molecule has 92 heavy (non-hydrogen) atoms. The Morgan fingerprint density at radius 1 is 0.261 bits per heavy atom. The Labute approximate surface area is 537 Å². The van der Waals surface area contributed by atoms with Crippen molar-refractivity contribution in [2.24, 2.45) is 0 Å². The zero-order valence-corrected chi connectivity index (χ0v) is 52.4. The second-order valence-electron chi connectivity index (χ2n) is 24.5. The number of fused-ring (bicyclic) bond motifs is 23. The van der Waals surface area contributed by atoms with E-state index in [1.54, 1.807) is 0 Å². The van der Waals surface area contributed by atoms with E-state index in [0.717, 1.165) is 5.82 Å².